The third-order valence-electron chi connectivity index (χ3n) is 3.58. The van der Waals surface area contributed by atoms with Crippen LogP contribution in [0.4, 0.5) is 10.1 Å². The van der Waals surface area contributed by atoms with Crippen molar-refractivity contribution in [3.63, 3.8) is 0 Å². The molecule has 1 aliphatic heterocycles. The van der Waals surface area contributed by atoms with Crippen molar-refractivity contribution in [1.82, 2.24) is 4.57 Å². The molecule has 2 N–H and O–H groups in total. The van der Waals surface area contributed by atoms with Gasteiger partial charge in [0.2, 0.25) is 5.88 Å². The number of carboxylic acid groups (broad SMARTS) is 1. The van der Waals surface area contributed by atoms with E-state index in [-0.39, 0.29) is 18.0 Å². The van der Waals surface area contributed by atoms with Crippen molar-refractivity contribution in [3.8, 4) is 5.88 Å². The second kappa shape index (κ2) is 6.66. The Morgan fingerprint density at radius 3 is 3.00 bits per heavy atom. The molecule has 1 aliphatic rings. The summed E-state index contributed by atoms with van der Waals surface area (Å²) in [5.74, 6) is -1.30. The first kappa shape index (κ1) is 16.5. The molecule has 0 spiro atoms. The van der Waals surface area contributed by atoms with Gasteiger partial charge in [-0.2, -0.15) is 0 Å². The lowest BCUT2D eigenvalue weighted by Gasteiger charge is -2.03. The lowest BCUT2D eigenvalue weighted by Crippen LogP contribution is -2.01. The number of aliphatic imine (C=N–C) groups is 1. The summed E-state index contributed by atoms with van der Waals surface area (Å²) in [6, 6.07) is 4.71. The average Bonchev–Trinajstić information content (AvgIpc) is 3.05. The first-order chi connectivity index (χ1) is 11.5. The molecule has 0 radical (unpaired) electrons. The standard InChI is InChI=1S/C16H13FN2O3S2/c17-11-4-1-3-10-9(8-18-14(10)11)7-12-15(22)19(16(23)24-12)6-2-5-13(20)21/h1,3-4,7-8,22H,2,5-6H2,(H,20,21). The Hall–Kier alpha value is -2.32. The highest BCUT2D eigenvalue weighted by atomic mass is 32.1. The Morgan fingerprint density at radius 2 is 2.25 bits per heavy atom. The molecule has 1 aromatic heterocycles. The fourth-order valence-electron chi connectivity index (χ4n) is 2.43. The SMILES string of the molecule is O=C(O)CCCn1c(O)c(C=C2C=Nc3c(F)cccc32)sc1=S. The minimum Gasteiger partial charge on any atom is -0.493 e. The molecule has 0 fully saturated rings. The van der Waals surface area contributed by atoms with Gasteiger partial charge in [-0.05, 0) is 30.8 Å². The van der Waals surface area contributed by atoms with Gasteiger partial charge in [0.25, 0.3) is 0 Å². The van der Waals surface area contributed by atoms with Crippen LogP contribution in [0.1, 0.15) is 23.3 Å². The van der Waals surface area contributed by atoms with Crippen molar-refractivity contribution in [2.75, 3.05) is 0 Å². The van der Waals surface area contributed by atoms with Crippen LogP contribution in [0.5, 0.6) is 5.88 Å². The number of benzene rings is 1. The number of allylic oxidation sites excluding steroid dienone is 1. The third kappa shape index (κ3) is 3.15. The average molecular weight is 364 g/mol. The Morgan fingerprint density at radius 1 is 1.46 bits per heavy atom. The van der Waals surface area contributed by atoms with Crippen LogP contribution in [-0.2, 0) is 11.3 Å². The van der Waals surface area contributed by atoms with Crippen LogP contribution < -0.4 is 0 Å². The van der Waals surface area contributed by atoms with E-state index in [0.717, 1.165) is 0 Å². The second-order valence-electron chi connectivity index (χ2n) is 5.20. The molecule has 5 nitrogen and oxygen atoms in total. The zero-order chi connectivity index (χ0) is 17.3. The molecule has 0 atom stereocenters. The first-order valence-corrected chi connectivity index (χ1v) is 8.39. The number of fused-ring (bicyclic) bond motifs is 1. The molecule has 1 aromatic carbocycles. The summed E-state index contributed by atoms with van der Waals surface area (Å²) < 4.78 is 15.7. The number of thiazole rings is 1. The summed E-state index contributed by atoms with van der Waals surface area (Å²) in [5.41, 5.74) is 1.63. The van der Waals surface area contributed by atoms with Gasteiger partial charge in [0.05, 0.1) is 4.88 Å². The van der Waals surface area contributed by atoms with Crippen LogP contribution >= 0.6 is 23.6 Å². The van der Waals surface area contributed by atoms with Crippen molar-refractivity contribution >= 4 is 53.1 Å². The highest BCUT2D eigenvalue weighted by Crippen LogP contribution is 2.37. The number of hydrogen-bond donors (Lipinski definition) is 2. The van der Waals surface area contributed by atoms with Gasteiger partial charge in [-0.15, -0.1) is 11.3 Å². The number of halogens is 1. The molecule has 0 saturated carbocycles. The molecule has 0 saturated heterocycles. The topological polar surface area (TPSA) is 74.8 Å². The quantitative estimate of drug-likeness (QED) is 0.778. The van der Waals surface area contributed by atoms with Gasteiger partial charge in [-0.1, -0.05) is 12.1 Å². The van der Waals surface area contributed by atoms with Crippen LogP contribution in [0.15, 0.2) is 23.2 Å². The summed E-state index contributed by atoms with van der Waals surface area (Å²) in [7, 11) is 0. The Balaban J connectivity index is 1.90. The molecule has 2 aromatic rings. The molecule has 124 valence electrons. The molecule has 0 aliphatic carbocycles. The molecule has 0 unspecified atom stereocenters. The number of carboxylic acids is 1. The summed E-state index contributed by atoms with van der Waals surface area (Å²) in [6.45, 7) is 0.329. The first-order valence-electron chi connectivity index (χ1n) is 7.16. The Bertz CT molecular complexity index is 928. The summed E-state index contributed by atoms with van der Waals surface area (Å²) in [6.07, 6.45) is 3.63. The number of hydrogen-bond acceptors (Lipinski definition) is 5. The van der Waals surface area contributed by atoms with Gasteiger partial charge in [-0.3, -0.25) is 14.4 Å². The maximum atomic E-state index is 13.7. The minimum absolute atomic E-state index is 0.00674. The largest absolute Gasteiger partial charge is 0.493 e. The smallest absolute Gasteiger partial charge is 0.303 e. The van der Waals surface area contributed by atoms with Gasteiger partial charge < -0.3 is 10.2 Å². The number of nitrogens with zero attached hydrogens (tertiary/aromatic N) is 2. The van der Waals surface area contributed by atoms with Crippen molar-refractivity contribution in [2.45, 2.75) is 19.4 Å². The lowest BCUT2D eigenvalue weighted by atomic mass is 10.1. The lowest BCUT2D eigenvalue weighted by molar-refractivity contribution is -0.137. The van der Waals surface area contributed by atoms with Gasteiger partial charge in [0.15, 0.2) is 3.95 Å². The monoisotopic (exact) mass is 364 g/mol. The van der Waals surface area contributed by atoms with Crippen molar-refractivity contribution in [1.29, 1.82) is 0 Å². The van der Waals surface area contributed by atoms with E-state index in [0.29, 0.717) is 32.9 Å². The molecular formula is C16H13FN2O3S2. The van der Waals surface area contributed by atoms with Gasteiger partial charge >= 0.3 is 5.97 Å². The van der Waals surface area contributed by atoms with E-state index in [4.69, 9.17) is 17.3 Å². The van der Waals surface area contributed by atoms with Crippen LogP contribution in [-0.4, -0.2) is 27.0 Å². The van der Waals surface area contributed by atoms with Crippen LogP contribution in [0, 0.1) is 9.77 Å². The molecule has 0 bridgehead atoms. The molecule has 8 heteroatoms. The summed E-state index contributed by atoms with van der Waals surface area (Å²) in [4.78, 5) is 15.2. The maximum Gasteiger partial charge on any atom is 0.303 e. The number of carbonyl (C=O) groups is 1. The van der Waals surface area contributed by atoms with Crippen LogP contribution in [0.25, 0.3) is 11.6 Å². The van der Waals surface area contributed by atoms with E-state index >= 15 is 0 Å². The molecule has 0 amide bonds. The van der Waals surface area contributed by atoms with Crippen LogP contribution in [0.3, 0.4) is 0 Å². The maximum absolute atomic E-state index is 13.7. The third-order valence-corrected chi connectivity index (χ3v) is 4.97. The normalized spacial score (nSPS) is 14.3. The van der Waals surface area contributed by atoms with Crippen molar-refractivity contribution < 1.29 is 19.4 Å². The molecule has 24 heavy (non-hydrogen) atoms. The van der Waals surface area contributed by atoms with E-state index in [1.54, 1.807) is 24.4 Å². The van der Waals surface area contributed by atoms with Crippen molar-refractivity contribution in [2.24, 2.45) is 4.99 Å². The zero-order valence-corrected chi connectivity index (χ0v) is 14.0. The van der Waals surface area contributed by atoms with Gasteiger partial charge in [0.1, 0.15) is 11.5 Å². The number of rotatable bonds is 5. The summed E-state index contributed by atoms with van der Waals surface area (Å²) in [5, 5.41) is 19.0. The fourth-order valence-corrected chi connectivity index (χ4v) is 3.74. The van der Waals surface area contributed by atoms with Crippen LogP contribution in [0.2, 0.25) is 0 Å². The van der Waals surface area contributed by atoms with E-state index in [1.807, 2.05) is 0 Å². The van der Waals surface area contributed by atoms with Gasteiger partial charge in [-0.25, -0.2) is 4.39 Å². The highest BCUT2D eigenvalue weighted by Gasteiger charge is 2.18. The predicted octanol–water partition coefficient (Wildman–Crippen LogP) is 4.25. The number of aliphatic carboxylic acids is 1. The molecule has 2 heterocycles. The number of para-hydroxylation sites is 1. The van der Waals surface area contributed by atoms with E-state index in [9.17, 15) is 14.3 Å². The summed E-state index contributed by atoms with van der Waals surface area (Å²) >= 11 is 6.44. The zero-order valence-electron chi connectivity index (χ0n) is 12.4. The van der Waals surface area contributed by atoms with E-state index < -0.39 is 11.8 Å². The number of aromatic hydroxyl groups is 1. The fraction of sp³-hybridized carbons (Fsp3) is 0.188. The van der Waals surface area contributed by atoms with E-state index in [2.05, 4.69) is 4.99 Å². The van der Waals surface area contributed by atoms with Crippen molar-refractivity contribution in [3.05, 3.63) is 38.4 Å². The molecule has 3 rings (SSSR count). The second-order valence-corrected chi connectivity index (χ2v) is 6.87. The highest BCUT2D eigenvalue weighted by molar-refractivity contribution is 7.73. The van der Waals surface area contributed by atoms with Gasteiger partial charge in [0, 0.05) is 30.3 Å². The van der Waals surface area contributed by atoms with E-state index in [1.165, 1.54) is 22.0 Å². The number of aromatic nitrogens is 1. The predicted molar refractivity (Wildman–Crippen MR) is 94.1 cm³/mol. The minimum atomic E-state index is -0.889. The molecular weight excluding hydrogens is 351 g/mol. The Kier molecular flexibility index (Phi) is 4.59. The Labute approximate surface area is 146 Å².